The second kappa shape index (κ2) is 6.72. The fourth-order valence-corrected chi connectivity index (χ4v) is 4.14. The van der Waals surface area contributed by atoms with Crippen LogP contribution in [0, 0.1) is 0 Å². The van der Waals surface area contributed by atoms with E-state index in [1.54, 1.807) is 6.20 Å². The maximum absolute atomic E-state index is 12.1. The zero-order valence-electron chi connectivity index (χ0n) is 12.7. The molecule has 0 radical (unpaired) electrons. The van der Waals surface area contributed by atoms with Crippen molar-refractivity contribution >= 4 is 26.8 Å². The van der Waals surface area contributed by atoms with Gasteiger partial charge in [-0.25, -0.2) is 8.42 Å². The highest BCUT2D eigenvalue weighted by atomic mass is 32.2. The Morgan fingerprint density at radius 2 is 2.13 bits per heavy atom. The van der Waals surface area contributed by atoms with Gasteiger partial charge in [-0.15, -0.1) is 0 Å². The quantitative estimate of drug-likeness (QED) is 0.870. The van der Waals surface area contributed by atoms with Gasteiger partial charge < -0.3 is 9.72 Å². The summed E-state index contributed by atoms with van der Waals surface area (Å²) in [5.41, 5.74) is 1.70. The van der Waals surface area contributed by atoms with Crippen molar-refractivity contribution in [1.82, 2.24) is 9.71 Å². The van der Waals surface area contributed by atoms with Gasteiger partial charge in [0.25, 0.3) is 0 Å². The summed E-state index contributed by atoms with van der Waals surface area (Å²) in [4.78, 5) is 15.1. The summed E-state index contributed by atoms with van der Waals surface area (Å²) in [6, 6.07) is 7.60. The Hall–Kier alpha value is -1.86. The maximum Gasteiger partial charge on any atom is 0.237 e. The van der Waals surface area contributed by atoms with Crippen LogP contribution < -0.4 is 4.72 Å². The Kier molecular flexibility index (Phi) is 4.68. The summed E-state index contributed by atoms with van der Waals surface area (Å²) >= 11 is 0. The molecule has 23 heavy (non-hydrogen) atoms. The second-order valence-electron chi connectivity index (χ2n) is 5.83. The van der Waals surface area contributed by atoms with Gasteiger partial charge in [0.15, 0.2) is 0 Å². The lowest BCUT2D eigenvalue weighted by Gasteiger charge is -2.22. The van der Waals surface area contributed by atoms with Gasteiger partial charge in [0.2, 0.25) is 15.9 Å². The largest absolute Gasteiger partial charge is 0.377 e. The van der Waals surface area contributed by atoms with E-state index >= 15 is 0 Å². The molecule has 6 nitrogen and oxygen atoms in total. The molecule has 2 heterocycles. The average Bonchev–Trinajstić information content (AvgIpc) is 2.90. The minimum Gasteiger partial charge on any atom is -0.377 e. The Morgan fingerprint density at radius 1 is 1.30 bits per heavy atom. The third-order valence-electron chi connectivity index (χ3n) is 3.97. The lowest BCUT2D eigenvalue weighted by molar-refractivity contribution is -0.118. The Morgan fingerprint density at radius 3 is 2.91 bits per heavy atom. The molecule has 2 N–H and O–H groups in total. The number of carbonyl (C=O) groups excluding carboxylic acids is 1. The third-order valence-corrected chi connectivity index (χ3v) is 5.32. The number of hydrogen-bond acceptors (Lipinski definition) is 4. The fraction of sp³-hybridized carbons (Fsp3) is 0.438. The molecule has 1 aliphatic heterocycles. The zero-order chi connectivity index (χ0) is 16.3. The predicted molar refractivity (Wildman–Crippen MR) is 87.5 cm³/mol. The van der Waals surface area contributed by atoms with Crippen molar-refractivity contribution in [3.8, 4) is 0 Å². The molecule has 1 aliphatic rings. The smallest absolute Gasteiger partial charge is 0.237 e. The summed E-state index contributed by atoms with van der Waals surface area (Å²) in [5, 5.41) is 0.927. The summed E-state index contributed by atoms with van der Waals surface area (Å²) in [6.07, 6.45) is 4.09. The molecular weight excluding hydrogens is 316 g/mol. The molecule has 1 fully saturated rings. The van der Waals surface area contributed by atoms with Crippen molar-refractivity contribution in [2.45, 2.75) is 31.8 Å². The Balaban J connectivity index is 1.62. The summed E-state index contributed by atoms with van der Waals surface area (Å²) in [6.45, 7) is 0.587. The van der Waals surface area contributed by atoms with Crippen molar-refractivity contribution in [2.24, 2.45) is 0 Å². The van der Waals surface area contributed by atoms with E-state index in [0.29, 0.717) is 6.61 Å². The van der Waals surface area contributed by atoms with Crippen molar-refractivity contribution in [3.05, 3.63) is 36.0 Å². The monoisotopic (exact) mass is 336 g/mol. The number of hydrogen-bond donors (Lipinski definition) is 2. The van der Waals surface area contributed by atoms with Gasteiger partial charge in [0.1, 0.15) is 0 Å². The lowest BCUT2D eigenvalue weighted by Crippen LogP contribution is -2.38. The van der Waals surface area contributed by atoms with Crippen molar-refractivity contribution in [2.75, 3.05) is 12.4 Å². The number of amides is 1. The zero-order valence-corrected chi connectivity index (χ0v) is 13.6. The van der Waals surface area contributed by atoms with Crippen LogP contribution in [0.4, 0.5) is 0 Å². The minimum absolute atomic E-state index is 0.0226. The SMILES string of the molecule is O=C(Cc1c[nH]c2ccccc12)NS(=O)(=O)C[C@H]1CCCCO1. The van der Waals surface area contributed by atoms with E-state index in [2.05, 4.69) is 9.71 Å². The molecule has 7 heteroatoms. The summed E-state index contributed by atoms with van der Waals surface area (Å²) in [7, 11) is -3.67. The van der Waals surface area contributed by atoms with Crippen molar-refractivity contribution in [3.63, 3.8) is 0 Å². The molecular formula is C16H20N2O4S. The highest BCUT2D eigenvalue weighted by Gasteiger charge is 2.24. The van der Waals surface area contributed by atoms with E-state index in [1.807, 2.05) is 24.3 Å². The van der Waals surface area contributed by atoms with Gasteiger partial charge in [-0.1, -0.05) is 18.2 Å². The van der Waals surface area contributed by atoms with E-state index in [1.165, 1.54) is 0 Å². The lowest BCUT2D eigenvalue weighted by atomic mass is 10.1. The molecule has 0 aliphatic carbocycles. The number of ether oxygens (including phenoxy) is 1. The second-order valence-corrected chi connectivity index (χ2v) is 7.60. The van der Waals surface area contributed by atoms with E-state index in [4.69, 9.17) is 4.74 Å². The number of aromatic amines is 1. The van der Waals surface area contributed by atoms with Crippen LogP contribution >= 0.6 is 0 Å². The molecule has 0 bridgehead atoms. The first kappa shape index (κ1) is 16.0. The minimum atomic E-state index is -3.67. The van der Waals surface area contributed by atoms with Gasteiger partial charge in [0.05, 0.1) is 18.3 Å². The highest BCUT2D eigenvalue weighted by Crippen LogP contribution is 2.18. The van der Waals surface area contributed by atoms with E-state index in [-0.39, 0.29) is 18.3 Å². The number of sulfonamides is 1. The molecule has 1 amide bonds. The number of carbonyl (C=O) groups is 1. The number of benzene rings is 1. The van der Waals surface area contributed by atoms with Crippen LogP contribution in [-0.2, 0) is 26.0 Å². The standard InChI is InChI=1S/C16H20N2O4S/c19-16(9-12-10-17-15-7-2-1-6-14(12)15)18-23(20,21)11-13-5-3-4-8-22-13/h1-2,6-7,10,13,17H,3-5,8-9,11H2,(H,18,19)/t13-/m1/s1. The van der Waals surface area contributed by atoms with E-state index < -0.39 is 15.9 Å². The summed E-state index contributed by atoms with van der Waals surface area (Å²) < 4.78 is 31.7. The molecule has 124 valence electrons. The first-order valence-electron chi connectivity index (χ1n) is 7.73. The van der Waals surface area contributed by atoms with Crippen LogP contribution in [0.25, 0.3) is 10.9 Å². The third kappa shape index (κ3) is 4.11. The molecule has 2 aromatic rings. The van der Waals surface area contributed by atoms with Gasteiger partial charge in [-0.2, -0.15) is 0 Å². The normalized spacial score (nSPS) is 18.9. The first-order valence-corrected chi connectivity index (χ1v) is 9.39. The number of para-hydroxylation sites is 1. The predicted octanol–water partition coefficient (Wildman–Crippen LogP) is 1.73. The topological polar surface area (TPSA) is 88.3 Å². The highest BCUT2D eigenvalue weighted by molar-refractivity contribution is 7.90. The number of aromatic nitrogens is 1. The van der Waals surface area contributed by atoms with Crippen LogP contribution in [0.5, 0.6) is 0 Å². The molecule has 0 saturated carbocycles. The van der Waals surface area contributed by atoms with Gasteiger partial charge in [0, 0.05) is 23.7 Å². The number of nitrogens with one attached hydrogen (secondary N) is 2. The molecule has 1 saturated heterocycles. The van der Waals surface area contributed by atoms with Crippen LogP contribution in [-0.4, -0.2) is 37.8 Å². The Bertz CT molecular complexity index is 791. The van der Waals surface area contributed by atoms with Gasteiger partial charge in [-0.05, 0) is 30.9 Å². The van der Waals surface area contributed by atoms with Crippen LogP contribution in [0.3, 0.4) is 0 Å². The molecule has 1 aromatic heterocycles. The Labute approximate surface area is 135 Å². The van der Waals surface area contributed by atoms with Crippen molar-refractivity contribution in [1.29, 1.82) is 0 Å². The van der Waals surface area contributed by atoms with Gasteiger partial charge in [-0.3, -0.25) is 9.52 Å². The summed E-state index contributed by atoms with van der Waals surface area (Å²) in [5.74, 6) is -0.683. The van der Waals surface area contributed by atoms with Gasteiger partial charge >= 0.3 is 0 Å². The molecule has 3 rings (SSSR count). The number of H-pyrrole nitrogens is 1. The molecule has 1 aromatic carbocycles. The molecule has 0 spiro atoms. The van der Waals surface area contributed by atoms with Crippen molar-refractivity contribution < 1.29 is 17.9 Å². The van der Waals surface area contributed by atoms with Crippen LogP contribution in [0.15, 0.2) is 30.5 Å². The van der Waals surface area contributed by atoms with Crippen LogP contribution in [0.1, 0.15) is 24.8 Å². The average molecular weight is 336 g/mol. The van der Waals surface area contributed by atoms with E-state index in [9.17, 15) is 13.2 Å². The fourth-order valence-electron chi connectivity index (χ4n) is 2.89. The number of fused-ring (bicyclic) bond motifs is 1. The maximum atomic E-state index is 12.1. The molecule has 0 unspecified atom stereocenters. The first-order chi connectivity index (χ1) is 11.0. The van der Waals surface area contributed by atoms with E-state index in [0.717, 1.165) is 35.7 Å². The van der Waals surface area contributed by atoms with Crippen LogP contribution in [0.2, 0.25) is 0 Å². The molecule has 1 atom stereocenters. The number of rotatable bonds is 5.